The Kier molecular flexibility index (Phi) is 3.37. The number of rotatable bonds is 4. The van der Waals surface area contributed by atoms with Gasteiger partial charge in [-0.15, -0.1) is 0 Å². The van der Waals surface area contributed by atoms with E-state index in [2.05, 4.69) is 22.4 Å². The van der Waals surface area contributed by atoms with E-state index in [1.165, 1.54) is 0 Å². The van der Waals surface area contributed by atoms with Crippen LogP contribution in [0.2, 0.25) is 0 Å². The third kappa shape index (κ3) is 2.49. The molecule has 3 aromatic rings. The summed E-state index contributed by atoms with van der Waals surface area (Å²) in [5.41, 5.74) is 9.98. The van der Waals surface area contributed by atoms with Gasteiger partial charge in [0.2, 0.25) is 0 Å². The van der Waals surface area contributed by atoms with E-state index in [4.69, 9.17) is 5.73 Å². The van der Waals surface area contributed by atoms with Crippen molar-refractivity contribution in [2.45, 2.75) is 6.54 Å². The summed E-state index contributed by atoms with van der Waals surface area (Å²) < 4.78 is 1.98. The number of nitrogen functional groups attached to an aromatic ring is 1. The predicted octanol–water partition coefficient (Wildman–Crippen LogP) is 3.07. The summed E-state index contributed by atoms with van der Waals surface area (Å²) in [6.45, 7) is 0.693. The largest absolute Gasteiger partial charge is 0.398 e. The average molecular weight is 264 g/mol. The van der Waals surface area contributed by atoms with Crippen LogP contribution in [0.1, 0.15) is 5.56 Å². The quantitative estimate of drug-likeness (QED) is 0.712. The van der Waals surface area contributed by atoms with Crippen molar-refractivity contribution >= 4 is 11.4 Å². The fourth-order valence-electron chi connectivity index (χ4n) is 2.14. The lowest BCUT2D eigenvalue weighted by molar-refractivity contribution is 1.04. The van der Waals surface area contributed by atoms with E-state index < -0.39 is 0 Å². The number of nitrogens with zero attached hydrogens (tertiary/aromatic N) is 2. The smallest absolute Gasteiger partial charge is 0.0992 e. The van der Waals surface area contributed by atoms with Gasteiger partial charge in [-0.2, -0.15) is 0 Å². The Morgan fingerprint density at radius 1 is 1.05 bits per heavy atom. The van der Waals surface area contributed by atoms with Gasteiger partial charge in [-0.25, -0.2) is 4.98 Å². The molecule has 1 heterocycles. The molecule has 3 rings (SSSR count). The zero-order valence-electron chi connectivity index (χ0n) is 11.0. The maximum Gasteiger partial charge on any atom is 0.0992 e. The van der Waals surface area contributed by atoms with Crippen molar-refractivity contribution in [1.82, 2.24) is 9.55 Å². The van der Waals surface area contributed by atoms with Crippen LogP contribution >= 0.6 is 0 Å². The molecule has 1 aromatic heterocycles. The number of imidazole rings is 1. The Morgan fingerprint density at radius 3 is 2.65 bits per heavy atom. The van der Waals surface area contributed by atoms with Crippen LogP contribution in [0.5, 0.6) is 0 Å². The third-order valence-electron chi connectivity index (χ3n) is 3.21. The predicted molar refractivity (Wildman–Crippen MR) is 81.7 cm³/mol. The highest BCUT2D eigenvalue weighted by Crippen LogP contribution is 2.21. The molecule has 0 aliphatic heterocycles. The van der Waals surface area contributed by atoms with Crippen LogP contribution in [0.4, 0.5) is 11.4 Å². The van der Waals surface area contributed by atoms with Crippen molar-refractivity contribution in [1.29, 1.82) is 0 Å². The molecule has 0 aliphatic carbocycles. The van der Waals surface area contributed by atoms with E-state index >= 15 is 0 Å². The van der Waals surface area contributed by atoms with Crippen LogP contribution in [0.25, 0.3) is 5.69 Å². The molecule has 4 nitrogen and oxygen atoms in total. The molecule has 0 radical (unpaired) electrons. The Balaban J connectivity index is 1.84. The number of hydrogen-bond donors (Lipinski definition) is 2. The van der Waals surface area contributed by atoms with Gasteiger partial charge < -0.3 is 15.6 Å². The van der Waals surface area contributed by atoms with Crippen molar-refractivity contribution < 1.29 is 0 Å². The normalized spacial score (nSPS) is 10.4. The third-order valence-corrected chi connectivity index (χ3v) is 3.21. The molecule has 3 N–H and O–H groups in total. The highest BCUT2D eigenvalue weighted by atomic mass is 15.1. The van der Waals surface area contributed by atoms with E-state index in [1.54, 1.807) is 12.5 Å². The number of benzene rings is 2. The van der Waals surface area contributed by atoms with Crippen LogP contribution in [0.3, 0.4) is 0 Å². The van der Waals surface area contributed by atoms with Crippen molar-refractivity contribution in [2.24, 2.45) is 0 Å². The minimum Gasteiger partial charge on any atom is -0.398 e. The summed E-state index contributed by atoms with van der Waals surface area (Å²) in [4.78, 5) is 4.09. The zero-order valence-corrected chi connectivity index (χ0v) is 11.0. The summed E-state index contributed by atoms with van der Waals surface area (Å²) in [6.07, 6.45) is 5.49. The minimum atomic E-state index is 0.693. The molecule has 0 unspecified atom stereocenters. The van der Waals surface area contributed by atoms with Gasteiger partial charge in [0.15, 0.2) is 0 Å². The second kappa shape index (κ2) is 5.48. The van der Waals surface area contributed by atoms with Crippen molar-refractivity contribution in [3.8, 4) is 5.69 Å². The maximum absolute atomic E-state index is 5.96. The first-order valence-electron chi connectivity index (χ1n) is 6.49. The molecular weight excluding hydrogens is 248 g/mol. The molecule has 0 bridgehead atoms. The summed E-state index contributed by atoms with van der Waals surface area (Å²) in [5, 5.41) is 3.43. The van der Waals surface area contributed by atoms with Gasteiger partial charge in [0.05, 0.1) is 17.7 Å². The molecule has 0 fully saturated rings. The zero-order chi connectivity index (χ0) is 13.8. The molecule has 2 aromatic carbocycles. The van der Waals surface area contributed by atoms with Gasteiger partial charge >= 0.3 is 0 Å². The van der Waals surface area contributed by atoms with E-state index in [-0.39, 0.29) is 0 Å². The van der Waals surface area contributed by atoms with Crippen LogP contribution in [0.15, 0.2) is 67.3 Å². The van der Waals surface area contributed by atoms with E-state index in [0.29, 0.717) is 6.54 Å². The first-order valence-corrected chi connectivity index (χ1v) is 6.49. The Morgan fingerprint density at radius 2 is 1.85 bits per heavy atom. The summed E-state index contributed by atoms with van der Waals surface area (Å²) >= 11 is 0. The number of hydrogen-bond acceptors (Lipinski definition) is 3. The van der Waals surface area contributed by atoms with E-state index in [1.807, 2.05) is 47.2 Å². The van der Waals surface area contributed by atoms with Crippen LogP contribution in [-0.2, 0) is 6.54 Å². The molecule has 0 aliphatic rings. The topological polar surface area (TPSA) is 55.9 Å². The number of nitrogens with one attached hydrogen (secondary N) is 1. The molecule has 0 spiro atoms. The minimum absolute atomic E-state index is 0.693. The van der Waals surface area contributed by atoms with Gasteiger partial charge in [0.25, 0.3) is 0 Å². The molecule has 0 atom stereocenters. The molecule has 100 valence electrons. The summed E-state index contributed by atoms with van der Waals surface area (Å²) in [5.74, 6) is 0. The number of aromatic nitrogens is 2. The lowest BCUT2D eigenvalue weighted by Gasteiger charge is -2.13. The monoisotopic (exact) mass is 264 g/mol. The van der Waals surface area contributed by atoms with Crippen LogP contribution in [-0.4, -0.2) is 9.55 Å². The first-order chi connectivity index (χ1) is 9.84. The average Bonchev–Trinajstić information content (AvgIpc) is 3.01. The lowest BCUT2D eigenvalue weighted by Crippen LogP contribution is -2.05. The number of nitrogens with two attached hydrogens (primary N) is 1. The lowest BCUT2D eigenvalue weighted by atomic mass is 10.1. The number of para-hydroxylation sites is 3. The maximum atomic E-state index is 5.96. The molecular formula is C16H16N4. The Hall–Kier alpha value is -2.75. The Labute approximate surface area is 117 Å². The summed E-state index contributed by atoms with van der Waals surface area (Å²) in [7, 11) is 0. The van der Waals surface area contributed by atoms with Gasteiger partial charge in [-0.05, 0) is 23.8 Å². The standard InChI is InChI=1S/C16H16N4/c17-14-6-2-1-5-13(14)11-19-15-7-3-4-8-16(15)20-10-9-18-12-20/h1-10,12,19H,11,17H2. The Bertz CT molecular complexity index is 689. The SMILES string of the molecule is Nc1ccccc1CNc1ccccc1-n1ccnc1. The highest BCUT2D eigenvalue weighted by Gasteiger charge is 2.04. The van der Waals surface area contributed by atoms with E-state index in [9.17, 15) is 0 Å². The fraction of sp³-hybridized carbons (Fsp3) is 0.0625. The fourth-order valence-corrected chi connectivity index (χ4v) is 2.14. The van der Waals surface area contributed by atoms with Gasteiger partial charge in [-0.3, -0.25) is 0 Å². The molecule has 4 heteroatoms. The van der Waals surface area contributed by atoms with Crippen LogP contribution < -0.4 is 11.1 Å². The second-order valence-electron chi connectivity index (χ2n) is 4.54. The second-order valence-corrected chi connectivity index (χ2v) is 4.54. The first kappa shape index (κ1) is 12.3. The van der Waals surface area contributed by atoms with Gasteiger partial charge in [0.1, 0.15) is 0 Å². The molecule has 0 saturated heterocycles. The number of anilines is 2. The van der Waals surface area contributed by atoms with Crippen LogP contribution in [0, 0.1) is 0 Å². The van der Waals surface area contributed by atoms with Crippen molar-refractivity contribution in [3.63, 3.8) is 0 Å². The van der Waals surface area contributed by atoms with Gasteiger partial charge in [-0.1, -0.05) is 30.3 Å². The van der Waals surface area contributed by atoms with E-state index in [0.717, 1.165) is 22.6 Å². The van der Waals surface area contributed by atoms with Crippen molar-refractivity contribution in [3.05, 3.63) is 72.8 Å². The van der Waals surface area contributed by atoms with Crippen molar-refractivity contribution in [2.75, 3.05) is 11.1 Å². The van der Waals surface area contributed by atoms with Gasteiger partial charge in [0, 0.05) is 24.6 Å². The summed E-state index contributed by atoms with van der Waals surface area (Å²) in [6, 6.07) is 16.0. The highest BCUT2D eigenvalue weighted by molar-refractivity contribution is 5.61. The molecule has 0 saturated carbocycles. The molecule has 0 amide bonds. The molecule has 20 heavy (non-hydrogen) atoms.